The summed E-state index contributed by atoms with van der Waals surface area (Å²) >= 11 is 0. The number of carbonyl (C=O) groups is 3. The van der Waals surface area contributed by atoms with Crippen LogP contribution < -0.4 is 5.32 Å². The van der Waals surface area contributed by atoms with Crippen LogP contribution >= 0.6 is 0 Å². The third kappa shape index (κ3) is 5.58. The zero-order valence-corrected chi connectivity index (χ0v) is 19.5. The normalized spacial score (nSPS) is 15.2. The topological polar surface area (TPSA) is 95.9 Å². The van der Waals surface area contributed by atoms with Gasteiger partial charge in [-0.15, -0.1) is 0 Å². The van der Waals surface area contributed by atoms with Gasteiger partial charge in [0.25, 0.3) is 0 Å². The fourth-order valence-electron chi connectivity index (χ4n) is 4.76. The van der Waals surface area contributed by atoms with E-state index < -0.39 is 18.1 Å². The van der Waals surface area contributed by atoms with Crippen molar-refractivity contribution in [3.05, 3.63) is 59.7 Å². The molecule has 0 radical (unpaired) electrons. The van der Waals surface area contributed by atoms with Crippen molar-refractivity contribution in [2.75, 3.05) is 13.2 Å². The van der Waals surface area contributed by atoms with Gasteiger partial charge in [-0.1, -0.05) is 68.3 Å². The molecule has 0 aliphatic heterocycles. The van der Waals surface area contributed by atoms with Gasteiger partial charge in [0, 0.05) is 24.4 Å². The lowest BCUT2D eigenvalue weighted by atomic mass is 9.98. The molecule has 180 valence electrons. The van der Waals surface area contributed by atoms with Crippen molar-refractivity contribution in [3.8, 4) is 11.1 Å². The second-order valence-electron chi connectivity index (χ2n) is 9.16. The predicted octanol–water partition coefficient (Wildman–Crippen LogP) is 4.55. The van der Waals surface area contributed by atoms with Gasteiger partial charge in [-0.05, 0) is 41.5 Å². The number of hydrogen-bond donors (Lipinski definition) is 2. The number of nitrogens with one attached hydrogen (secondary N) is 1. The van der Waals surface area contributed by atoms with Crippen molar-refractivity contribution in [2.24, 2.45) is 0 Å². The highest BCUT2D eigenvalue weighted by Gasteiger charge is 2.35. The Kier molecular flexibility index (Phi) is 7.50. The Balaban J connectivity index is 1.38. The molecule has 7 nitrogen and oxygen atoms in total. The third-order valence-corrected chi connectivity index (χ3v) is 6.61. The van der Waals surface area contributed by atoms with E-state index in [2.05, 4.69) is 29.6 Å². The SMILES string of the molecule is CCCC[C@H](CC(=O)N(CC(=O)O)C1CC1)NC(=O)OCC1c2ccccc2-c2ccccc21. The first-order chi connectivity index (χ1) is 16.5. The Morgan fingerprint density at radius 2 is 1.68 bits per heavy atom. The number of unbranched alkanes of at least 4 members (excludes halogenated alkanes) is 1. The van der Waals surface area contributed by atoms with Crippen LogP contribution in [0.5, 0.6) is 0 Å². The van der Waals surface area contributed by atoms with Crippen LogP contribution in [0.2, 0.25) is 0 Å². The van der Waals surface area contributed by atoms with Crippen LogP contribution in [0, 0.1) is 0 Å². The van der Waals surface area contributed by atoms with Crippen molar-refractivity contribution < 1.29 is 24.2 Å². The average molecular weight is 465 g/mol. The summed E-state index contributed by atoms with van der Waals surface area (Å²) in [5, 5.41) is 12.0. The molecule has 0 spiro atoms. The van der Waals surface area contributed by atoms with Crippen molar-refractivity contribution in [1.29, 1.82) is 0 Å². The molecule has 2 aliphatic carbocycles. The first-order valence-electron chi connectivity index (χ1n) is 12.1. The number of hydrogen-bond acceptors (Lipinski definition) is 4. The van der Waals surface area contributed by atoms with E-state index in [1.54, 1.807) is 0 Å². The molecular weight excluding hydrogens is 432 g/mol. The second kappa shape index (κ2) is 10.7. The number of carbonyl (C=O) groups excluding carboxylic acids is 2. The van der Waals surface area contributed by atoms with Crippen molar-refractivity contribution in [2.45, 2.75) is 63.5 Å². The molecule has 4 rings (SSSR count). The Morgan fingerprint density at radius 1 is 1.06 bits per heavy atom. The number of benzene rings is 2. The molecule has 0 aromatic heterocycles. The number of amides is 2. The lowest BCUT2D eigenvalue weighted by Crippen LogP contribution is -2.43. The molecule has 2 aromatic rings. The van der Waals surface area contributed by atoms with Gasteiger partial charge >= 0.3 is 12.1 Å². The molecule has 1 fully saturated rings. The quantitative estimate of drug-likeness (QED) is 0.509. The van der Waals surface area contributed by atoms with Crippen LogP contribution in [-0.2, 0) is 14.3 Å². The summed E-state index contributed by atoms with van der Waals surface area (Å²) in [4.78, 5) is 38.2. The van der Waals surface area contributed by atoms with Crippen LogP contribution in [0.15, 0.2) is 48.5 Å². The first kappa shape index (κ1) is 23.8. The zero-order valence-electron chi connectivity index (χ0n) is 19.5. The summed E-state index contributed by atoms with van der Waals surface area (Å²) < 4.78 is 5.65. The molecule has 34 heavy (non-hydrogen) atoms. The summed E-state index contributed by atoms with van der Waals surface area (Å²) in [6.45, 7) is 1.96. The smallest absolute Gasteiger partial charge is 0.407 e. The van der Waals surface area contributed by atoms with E-state index in [9.17, 15) is 14.4 Å². The van der Waals surface area contributed by atoms with Gasteiger partial charge in [-0.25, -0.2) is 4.79 Å². The Bertz CT molecular complexity index is 1000. The maximum atomic E-state index is 12.8. The van der Waals surface area contributed by atoms with Gasteiger partial charge < -0.3 is 20.1 Å². The van der Waals surface area contributed by atoms with Crippen molar-refractivity contribution in [3.63, 3.8) is 0 Å². The van der Waals surface area contributed by atoms with Crippen LogP contribution in [-0.4, -0.2) is 53.2 Å². The molecule has 0 heterocycles. The van der Waals surface area contributed by atoms with Crippen LogP contribution in [0.3, 0.4) is 0 Å². The number of fused-ring (bicyclic) bond motifs is 3. The standard InChI is InChI=1S/C27H32N2O5/c1-2-3-8-18(15-25(30)29(16-26(31)32)19-13-14-19)28-27(33)34-17-24-22-11-6-4-9-20(22)21-10-5-7-12-23(21)24/h4-7,9-12,18-19,24H,2-3,8,13-17H2,1H3,(H,28,33)(H,31,32)/t18-/m1/s1. The van der Waals surface area contributed by atoms with E-state index in [0.717, 1.165) is 47.9 Å². The highest BCUT2D eigenvalue weighted by molar-refractivity contribution is 5.83. The Hall–Kier alpha value is -3.35. The van der Waals surface area contributed by atoms with Gasteiger partial charge in [0.2, 0.25) is 5.91 Å². The average Bonchev–Trinajstić information content (AvgIpc) is 3.62. The largest absolute Gasteiger partial charge is 0.480 e. The van der Waals surface area contributed by atoms with Crippen molar-refractivity contribution in [1.82, 2.24) is 10.2 Å². The van der Waals surface area contributed by atoms with Gasteiger partial charge in [0.1, 0.15) is 13.2 Å². The molecule has 2 aromatic carbocycles. The van der Waals surface area contributed by atoms with E-state index in [4.69, 9.17) is 9.84 Å². The monoisotopic (exact) mass is 464 g/mol. The highest BCUT2D eigenvalue weighted by atomic mass is 16.5. The fraction of sp³-hybridized carbons (Fsp3) is 0.444. The maximum Gasteiger partial charge on any atom is 0.407 e. The van der Waals surface area contributed by atoms with E-state index in [-0.39, 0.29) is 37.4 Å². The van der Waals surface area contributed by atoms with E-state index in [0.29, 0.717) is 6.42 Å². The second-order valence-corrected chi connectivity index (χ2v) is 9.16. The number of carboxylic acid groups (broad SMARTS) is 1. The summed E-state index contributed by atoms with van der Waals surface area (Å²) in [5.74, 6) is -1.28. The third-order valence-electron chi connectivity index (χ3n) is 6.61. The lowest BCUT2D eigenvalue weighted by Gasteiger charge is -2.24. The van der Waals surface area contributed by atoms with E-state index in [1.807, 2.05) is 31.2 Å². The van der Waals surface area contributed by atoms with Gasteiger partial charge in [-0.3, -0.25) is 9.59 Å². The van der Waals surface area contributed by atoms with Gasteiger partial charge in [-0.2, -0.15) is 0 Å². The molecule has 1 atom stereocenters. The maximum absolute atomic E-state index is 12.8. The van der Waals surface area contributed by atoms with Crippen molar-refractivity contribution >= 4 is 18.0 Å². The molecule has 0 saturated heterocycles. The zero-order chi connectivity index (χ0) is 24.1. The molecule has 0 unspecified atom stereocenters. The number of aliphatic carboxylic acids is 1. The van der Waals surface area contributed by atoms with Gasteiger partial charge in [0.15, 0.2) is 0 Å². The summed E-state index contributed by atoms with van der Waals surface area (Å²) in [6, 6.07) is 15.9. The van der Waals surface area contributed by atoms with Crippen LogP contribution in [0.4, 0.5) is 4.79 Å². The van der Waals surface area contributed by atoms with E-state index >= 15 is 0 Å². The van der Waals surface area contributed by atoms with E-state index in [1.165, 1.54) is 4.90 Å². The number of carboxylic acids is 1. The molecule has 7 heteroatoms. The molecular formula is C27H32N2O5. The van der Waals surface area contributed by atoms with Gasteiger partial charge in [0.05, 0.1) is 0 Å². The minimum Gasteiger partial charge on any atom is -0.480 e. The van der Waals surface area contributed by atoms with Crippen LogP contribution in [0.25, 0.3) is 11.1 Å². The fourth-order valence-corrected chi connectivity index (χ4v) is 4.76. The number of ether oxygens (including phenoxy) is 1. The molecule has 2 aliphatic rings. The number of alkyl carbamates (subject to hydrolysis) is 1. The summed E-state index contributed by atoms with van der Waals surface area (Å²) in [6.07, 6.45) is 3.61. The number of rotatable bonds is 11. The minimum absolute atomic E-state index is 0.00452. The lowest BCUT2D eigenvalue weighted by molar-refractivity contribution is -0.145. The number of nitrogens with zero attached hydrogens (tertiary/aromatic N) is 1. The predicted molar refractivity (Wildman–Crippen MR) is 129 cm³/mol. The first-order valence-corrected chi connectivity index (χ1v) is 12.1. The molecule has 2 N–H and O–H groups in total. The molecule has 1 saturated carbocycles. The minimum atomic E-state index is -1.02. The molecule has 0 bridgehead atoms. The summed E-state index contributed by atoms with van der Waals surface area (Å²) in [5.41, 5.74) is 4.61. The van der Waals surface area contributed by atoms with Crippen LogP contribution in [0.1, 0.15) is 62.5 Å². The Labute approximate surface area is 200 Å². The Morgan fingerprint density at radius 3 is 2.24 bits per heavy atom. The summed E-state index contributed by atoms with van der Waals surface area (Å²) in [7, 11) is 0. The highest BCUT2D eigenvalue weighted by Crippen LogP contribution is 2.44. The molecule has 2 amide bonds.